The number of hydrogen-bond acceptors (Lipinski definition) is 5. The summed E-state index contributed by atoms with van der Waals surface area (Å²) >= 11 is 13.2. The Bertz CT molecular complexity index is 1720. The van der Waals surface area contributed by atoms with Crippen molar-refractivity contribution in [3.8, 4) is 28.4 Å². The van der Waals surface area contributed by atoms with Crippen LogP contribution in [0, 0.1) is 0 Å². The molecule has 42 heavy (non-hydrogen) atoms. The number of nitrogens with zero attached hydrogens (tertiary/aromatic N) is 4. The lowest BCUT2D eigenvalue weighted by Crippen LogP contribution is -2.35. The predicted octanol–water partition coefficient (Wildman–Crippen LogP) is 8.75. The highest BCUT2D eigenvalue weighted by molar-refractivity contribution is 6.45. The van der Waals surface area contributed by atoms with E-state index in [1.54, 1.807) is 29.1 Å². The Morgan fingerprint density at radius 2 is 1.74 bits per heavy atom. The van der Waals surface area contributed by atoms with Crippen LogP contribution in [-0.4, -0.2) is 34.2 Å². The van der Waals surface area contributed by atoms with Crippen molar-refractivity contribution < 1.29 is 18.3 Å². The molecule has 3 heterocycles. The zero-order valence-corrected chi connectivity index (χ0v) is 24.3. The van der Waals surface area contributed by atoms with Crippen LogP contribution in [0.3, 0.4) is 0 Å². The summed E-state index contributed by atoms with van der Waals surface area (Å²) in [6, 6.07) is 22.4. The maximum absolute atomic E-state index is 13.1. The third kappa shape index (κ3) is 5.16. The first kappa shape index (κ1) is 28.0. The Kier molecular flexibility index (Phi) is 7.75. The van der Waals surface area contributed by atoms with Gasteiger partial charge in [0.15, 0.2) is 23.2 Å². The molecule has 1 atom stereocenters. The minimum absolute atomic E-state index is 0.0713. The summed E-state index contributed by atoms with van der Waals surface area (Å²) in [5.41, 5.74) is 5.18. The van der Waals surface area contributed by atoms with Gasteiger partial charge in [0.25, 0.3) is 0 Å². The van der Waals surface area contributed by atoms with E-state index < -0.39 is 12.7 Å². The molecule has 6 rings (SSSR count). The fraction of sp³-hybridized carbons (Fsp3) is 0.188. The van der Waals surface area contributed by atoms with Crippen molar-refractivity contribution >= 4 is 34.9 Å². The monoisotopic (exact) mass is 606 g/mol. The number of halogens is 4. The van der Waals surface area contributed by atoms with Crippen molar-refractivity contribution in [3.63, 3.8) is 0 Å². The quantitative estimate of drug-likeness (QED) is 0.201. The largest absolute Gasteiger partial charge is 0.493 e. The normalized spacial score (nSPS) is 15.9. The second kappa shape index (κ2) is 11.6. The Balaban J connectivity index is 1.63. The average Bonchev–Trinajstić information content (AvgIpc) is 3.36. The van der Waals surface area contributed by atoms with Crippen LogP contribution in [0.4, 0.5) is 14.6 Å². The van der Waals surface area contributed by atoms with Gasteiger partial charge in [-0.1, -0.05) is 85.1 Å². The molecule has 1 aromatic heterocycles. The summed E-state index contributed by atoms with van der Waals surface area (Å²) in [7, 11) is 1.41. The third-order valence-corrected chi connectivity index (χ3v) is 7.62. The van der Waals surface area contributed by atoms with Crippen LogP contribution in [0.5, 0.6) is 11.5 Å². The van der Waals surface area contributed by atoms with Crippen LogP contribution < -0.4 is 9.47 Å². The summed E-state index contributed by atoms with van der Waals surface area (Å²) < 4.78 is 38.2. The fourth-order valence-electron chi connectivity index (χ4n) is 5.32. The number of fused-ring (bicyclic) bond motifs is 2. The number of aryl methyl sites for hydroxylation is 1. The molecule has 0 fully saturated rings. The van der Waals surface area contributed by atoms with Crippen molar-refractivity contribution in [2.75, 3.05) is 7.11 Å². The molecule has 6 nitrogen and oxygen atoms in total. The minimum Gasteiger partial charge on any atom is -0.493 e. The van der Waals surface area contributed by atoms with Crippen LogP contribution >= 0.6 is 23.2 Å². The molecule has 0 spiro atoms. The van der Waals surface area contributed by atoms with Crippen LogP contribution in [-0.2, 0) is 6.42 Å². The number of hydrogen-bond donors (Lipinski definition) is 0. The topological polar surface area (TPSA) is 51.9 Å². The predicted molar refractivity (Wildman–Crippen MR) is 161 cm³/mol. The van der Waals surface area contributed by atoms with E-state index in [-0.39, 0.29) is 11.5 Å². The minimum atomic E-state index is -3.00. The van der Waals surface area contributed by atoms with Gasteiger partial charge in [0, 0.05) is 11.8 Å². The first-order chi connectivity index (χ1) is 20.4. The summed E-state index contributed by atoms with van der Waals surface area (Å²) in [6.45, 7) is -0.849. The summed E-state index contributed by atoms with van der Waals surface area (Å²) in [4.78, 5) is 6.89. The summed E-state index contributed by atoms with van der Waals surface area (Å²) in [5, 5.41) is 5.87. The Morgan fingerprint density at radius 1 is 0.976 bits per heavy atom. The van der Waals surface area contributed by atoms with Crippen molar-refractivity contribution in [2.24, 2.45) is 4.99 Å². The van der Waals surface area contributed by atoms with Gasteiger partial charge in [-0.25, -0.2) is 9.67 Å². The highest BCUT2D eigenvalue weighted by atomic mass is 35.5. The van der Waals surface area contributed by atoms with E-state index in [1.807, 2.05) is 35.2 Å². The van der Waals surface area contributed by atoms with Crippen molar-refractivity contribution in [3.05, 3.63) is 112 Å². The Labute approximate surface area is 252 Å². The van der Waals surface area contributed by atoms with Crippen LogP contribution in [0.2, 0.25) is 0 Å². The number of benzene rings is 3. The molecule has 0 N–H and O–H groups in total. The van der Waals surface area contributed by atoms with Gasteiger partial charge in [0.1, 0.15) is 5.69 Å². The lowest BCUT2D eigenvalue weighted by Gasteiger charge is -2.37. The molecule has 2 aliphatic rings. The fourth-order valence-corrected chi connectivity index (χ4v) is 5.85. The van der Waals surface area contributed by atoms with Gasteiger partial charge in [-0.3, -0.25) is 0 Å². The molecule has 1 unspecified atom stereocenters. The van der Waals surface area contributed by atoms with Gasteiger partial charge in [0.2, 0.25) is 0 Å². The van der Waals surface area contributed by atoms with Crippen LogP contribution in [0.1, 0.15) is 36.1 Å². The van der Waals surface area contributed by atoms with E-state index in [1.165, 1.54) is 18.7 Å². The molecule has 0 aliphatic carbocycles. The van der Waals surface area contributed by atoms with Crippen LogP contribution in [0.15, 0.2) is 100 Å². The van der Waals surface area contributed by atoms with E-state index in [9.17, 15) is 8.78 Å². The van der Waals surface area contributed by atoms with Gasteiger partial charge in [-0.15, -0.1) is 0 Å². The molecule has 0 radical (unpaired) electrons. The molecule has 3 aromatic carbocycles. The number of ether oxygens (including phenoxy) is 2. The molecular weight excluding hydrogens is 581 g/mol. The standard InChI is InChI=1S/C32H26Cl2F2N4O2/c1-3-7-19-10-12-20(13-11-19)28-27-29(21-14-15-25(42-32(35)36)26(16-21)41-2)39-18-22(33)17-24(34)30(39)37-31(27)40(38-28)23-8-5-4-6-9-23/h4-6,8-18,29,32H,3,7H2,1-2H3. The molecule has 0 bridgehead atoms. The SMILES string of the molecule is CCCc1ccc(-c2nn(-c3ccccc3)c3c2C(c2ccc(OC(F)F)c(OC)c2)N2C=C(Cl)C=C(Cl)C2=N3)cc1. The van der Waals surface area contributed by atoms with Gasteiger partial charge >= 0.3 is 6.61 Å². The number of methoxy groups -OCH3 is 1. The smallest absolute Gasteiger partial charge is 0.387 e. The number of para-hydroxylation sites is 1. The number of alkyl halides is 2. The first-order valence-corrected chi connectivity index (χ1v) is 14.2. The van der Waals surface area contributed by atoms with Gasteiger partial charge < -0.3 is 14.4 Å². The van der Waals surface area contributed by atoms with E-state index >= 15 is 0 Å². The molecule has 10 heteroatoms. The zero-order valence-electron chi connectivity index (χ0n) is 22.8. The number of aromatic nitrogens is 2. The summed E-state index contributed by atoms with van der Waals surface area (Å²) in [6.07, 6.45) is 5.41. The lowest BCUT2D eigenvalue weighted by atomic mass is 9.91. The third-order valence-electron chi connectivity index (χ3n) is 7.13. The first-order valence-electron chi connectivity index (χ1n) is 13.4. The van der Waals surface area contributed by atoms with E-state index in [2.05, 4.69) is 31.2 Å². The van der Waals surface area contributed by atoms with E-state index in [0.717, 1.165) is 29.7 Å². The molecule has 0 amide bonds. The lowest BCUT2D eigenvalue weighted by molar-refractivity contribution is -0.0512. The van der Waals surface area contributed by atoms with Crippen LogP contribution in [0.25, 0.3) is 16.9 Å². The molecular formula is C32H26Cl2F2N4O2. The highest BCUT2D eigenvalue weighted by Gasteiger charge is 2.39. The average molecular weight is 607 g/mol. The van der Waals surface area contributed by atoms with E-state index in [4.69, 9.17) is 42.8 Å². The molecule has 214 valence electrons. The summed E-state index contributed by atoms with van der Waals surface area (Å²) in [5.74, 6) is 1.16. The maximum atomic E-state index is 13.1. The highest BCUT2D eigenvalue weighted by Crippen LogP contribution is 2.49. The maximum Gasteiger partial charge on any atom is 0.387 e. The Morgan fingerprint density at radius 3 is 2.43 bits per heavy atom. The zero-order chi connectivity index (χ0) is 29.4. The number of allylic oxidation sites excluding steroid dienone is 2. The number of amidine groups is 1. The molecule has 2 aliphatic heterocycles. The molecule has 0 saturated heterocycles. The molecule has 4 aromatic rings. The van der Waals surface area contributed by atoms with E-state index in [0.29, 0.717) is 33.0 Å². The second-order valence-electron chi connectivity index (χ2n) is 9.82. The number of aliphatic imine (C=N–C) groups is 1. The Hall–Kier alpha value is -4.14. The van der Waals surface area contributed by atoms with Gasteiger partial charge in [-0.05, 0) is 47.9 Å². The number of rotatable bonds is 8. The molecule has 0 saturated carbocycles. The van der Waals surface area contributed by atoms with Gasteiger partial charge in [-0.2, -0.15) is 13.9 Å². The van der Waals surface area contributed by atoms with Gasteiger partial charge in [0.05, 0.1) is 34.5 Å². The van der Waals surface area contributed by atoms with Crippen molar-refractivity contribution in [1.82, 2.24) is 14.7 Å². The second-order valence-corrected chi connectivity index (χ2v) is 10.7. The van der Waals surface area contributed by atoms with Crippen molar-refractivity contribution in [1.29, 1.82) is 0 Å². The van der Waals surface area contributed by atoms with Crippen molar-refractivity contribution in [2.45, 2.75) is 32.4 Å².